The Hall–Kier alpha value is -2.93. The molecule has 4 rings (SSSR count). The predicted octanol–water partition coefficient (Wildman–Crippen LogP) is 3.53. The maximum Gasteiger partial charge on any atom is 0.283 e. The molecule has 0 aliphatic carbocycles. The van der Waals surface area contributed by atoms with E-state index < -0.39 is 0 Å². The Labute approximate surface area is 166 Å². The lowest BCUT2D eigenvalue weighted by molar-refractivity contribution is -0.126. The summed E-state index contributed by atoms with van der Waals surface area (Å²) in [6.07, 6.45) is 2.41. The Bertz CT molecular complexity index is 973. The number of hydrogen-bond acceptors (Lipinski definition) is 4. The summed E-state index contributed by atoms with van der Waals surface area (Å²) < 4.78 is 13.4. The van der Waals surface area contributed by atoms with E-state index in [4.69, 9.17) is 0 Å². The van der Waals surface area contributed by atoms with Crippen molar-refractivity contribution in [2.45, 2.75) is 11.7 Å². The summed E-state index contributed by atoms with van der Waals surface area (Å²) >= 11 is 1.28. The van der Waals surface area contributed by atoms with Crippen molar-refractivity contribution in [2.24, 2.45) is 4.99 Å². The number of carbonyl (C=O) groups excluding carboxylic acids is 2. The Morgan fingerprint density at radius 2 is 1.82 bits per heavy atom. The van der Waals surface area contributed by atoms with Crippen molar-refractivity contribution in [3.63, 3.8) is 0 Å². The van der Waals surface area contributed by atoms with Gasteiger partial charge in [-0.1, -0.05) is 42.1 Å². The molecular formula is C21H18FN3O2S. The van der Waals surface area contributed by atoms with E-state index in [9.17, 15) is 14.0 Å². The zero-order valence-corrected chi connectivity index (χ0v) is 16.0. The highest BCUT2D eigenvalue weighted by Crippen LogP contribution is 2.34. The van der Waals surface area contributed by atoms with Crippen molar-refractivity contribution in [2.75, 3.05) is 18.5 Å². The van der Waals surface area contributed by atoms with E-state index >= 15 is 0 Å². The number of anilines is 1. The molecule has 1 saturated heterocycles. The van der Waals surface area contributed by atoms with Crippen LogP contribution < -0.4 is 4.90 Å². The number of likely N-dealkylation sites (tertiary alicyclic amines) is 1. The second-order valence-corrected chi connectivity index (χ2v) is 7.78. The maximum atomic E-state index is 13.4. The molecule has 2 aliphatic rings. The monoisotopic (exact) mass is 395 g/mol. The molecule has 1 atom stereocenters. The quantitative estimate of drug-likeness (QED) is 0.747. The molecule has 2 aromatic carbocycles. The number of carbonyl (C=O) groups is 2. The fourth-order valence-electron chi connectivity index (χ4n) is 3.13. The maximum absolute atomic E-state index is 13.4. The van der Waals surface area contributed by atoms with Gasteiger partial charge in [-0.3, -0.25) is 14.5 Å². The van der Waals surface area contributed by atoms with Gasteiger partial charge in [0.25, 0.3) is 5.91 Å². The van der Waals surface area contributed by atoms with Crippen LogP contribution in [-0.2, 0) is 9.59 Å². The molecule has 2 amide bonds. The first-order valence-corrected chi connectivity index (χ1v) is 9.78. The van der Waals surface area contributed by atoms with Crippen LogP contribution >= 0.6 is 11.8 Å². The number of amides is 2. The van der Waals surface area contributed by atoms with E-state index in [1.165, 1.54) is 40.9 Å². The van der Waals surface area contributed by atoms with Gasteiger partial charge < -0.3 is 4.90 Å². The van der Waals surface area contributed by atoms with E-state index in [2.05, 4.69) is 4.99 Å². The summed E-state index contributed by atoms with van der Waals surface area (Å²) in [5.41, 5.74) is 1.67. The number of benzene rings is 2. The van der Waals surface area contributed by atoms with E-state index in [1.807, 2.05) is 30.3 Å². The molecule has 0 N–H and O–H groups in total. The largest absolute Gasteiger partial charge is 0.345 e. The van der Waals surface area contributed by atoms with E-state index in [1.54, 1.807) is 18.0 Å². The molecule has 2 aliphatic heterocycles. The minimum Gasteiger partial charge on any atom is -0.345 e. The van der Waals surface area contributed by atoms with Gasteiger partial charge in [-0.05, 0) is 42.3 Å². The van der Waals surface area contributed by atoms with Crippen LogP contribution in [-0.4, -0.2) is 40.7 Å². The third-order valence-electron chi connectivity index (χ3n) is 4.64. The number of amidine groups is 1. The second kappa shape index (κ2) is 7.59. The van der Waals surface area contributed by atoms with Crippen LogP contribution in [0.25, 0.3) is 6.08 Å². The van der Waals surface area contributed by atoms with Crippen LogP contribution in [0.1, 0.15) is 12.0 Å². The molecule has 0 spiro atoms. The topological polar surface area (TPSA) is 53.0 Å². The highest BCUT2D eigenvalue weighted by atomic mass is 32.2. The first-order chi connectivity index (χ1) is 13.5. The fraction of sp³-hybridized carbons (Fsp3) is 0.190. The molecule has 142 valence electrons. The Balaban J connectivity index is 1.70. The van der Waals surface area contributed by atoms with E-state index in [0.717, 1.165) is 5.56 Å². The van der Waals surface area contributed by atoms with Crippen molar-refractivity contribution in [3.8, 4) is 0 Å². The minimum absolute atomic E-state index is 0.0275. The lowest BCUT2D eigenvalue weighted by Crippen LogP contribution is -2.33. The molecule has 5 nitrogen and oxygen atoms in total. The van der Waals surface area contributed by atoms with Crippen LogP contribution in [0.2, 0.25) is 0 Å². The van der Waals surface area contributed by atoms with Gasteiger partial charge in [0.2, 0.25) is 5.91 Å². The van der Waals surface area contributed by atoms with Gasteiger partial charge in [0, 0.05) is 13.6 Å². The molecule has 2 heterocycles. The summed E-state index contributed by atoms with van der Waals surface area (Å²) in [5.74, 6) is -0.648. The highest BCUT2D eigenvalue weighted by molar-refractivity contribution is 8.15. The zero-order valence-electron chi connectivity index (χ0n) is 15.2. The second-order valence-electron chi connectivity index (χ2n) is 6.61. The van der Waals surface area contributed by atoms with E-state index in [-0.39, 0.29) is 28.6 Å². The number of halogens is 1. The van der Waals surface area contributed by atoms with Gasteiger partial charge in [0.05, 0.1) is 10.9 Å². The first kappa shape index (κ1) is 18.4. The highest BCUT2D eigenvalue weighted by Gasteiger charge is 2.37. The Morgan fingerprint density at radius 1 is 1.11 bits per heavy atom. The van der Waals surface area contributed by atoms with Crippen LogP contribution in [0.3, 0.4) is 0 Å². The molecule has 0 saturated carbocycles. The van der Waals surface area contributed by atoms with Gasteiger partial charge in [0.15, 0.2) is 5.17 Å². The van der Waals surface area contributed by atoms with Crippen molar-refractivity contribution >= 4 is 40.5 Å². The molecule has 0 radical (unpaired) electrons. The molecule has 28 heavy (non-hydrogen) atoms. The third-order valence-corrected chi connectivity index (χ3v) is 5.85. The molecular weight excluding hydrogens is 377 g/mol. The zero-order chi connectivity index (χ0) is 19.7. The van der Waals surface area contributed by atoms with Crippen LogP contribution in [0.5, 0.6) is 0 Å². The van der Waals surface area contributed by atoms with Gasteiger partial charge in [-0.15, -0.1) is 0 Å². The molecule has 1 fully saturated rings. The van der Waals surface area contributed by atoms with Crippen LogP contribution in [0, 0.1) is 5.82 Å². The number of hydrogen-bond donors (Lipinski definition) is 0. The summed E-state index contributed by atoms with van der Waals surface area (Å²) in [6, 6.07) is 15.1. The minimum atomic E-state index is -0.380. The lowest BCUT2D eigenvalue weighted by Gasteiger charge is -2.19. The van der Waals surface area contributed by atoms with Crippen molar-refractivity contribution < 1.29 is 14.0 Å². The SMILES string of the molecule is CN1CCC(SC2=N/C(=C/c3ccccc3)C(=O)N2c2ccc(F)cc2)C1=O. The molecule has 2 aromatic rings. The van der Waals surface area contributed by atoms with Crippen molar-refractivity contribution in [3.05, 3.63) is 71.7 Å². The summed E-state index contributed by atoms with van der Waals surface area (Å²) in [4.78, 5) is 33.0. The van der Waals surface area contributed by atoms with Crippen molar-refractivity contribution in [1.29, 1.82) is 0 Å². The van der Waals surface area contributed by atoms with Gasteiger partial charge >= 0.3 is 0 Å². The molecule has 0 aromatic heterocycles. The summed E-state index contributed by atoms with van der Waals surface area (Å²) in [7, 11) is 1.77. The lowest BCUT2D eigenvalue weighted by atomic mass is 10.2. The number of nitrogens with zero attached hydrogens (tertiary/aromatic N) is 3. The average molecular weight is 395 g/mol. The van der Waals surface area contributed by atoms with E-state index in [0.29, 0.717) is 23.8 Å². The normalized spacial score (nSPS) is 21.0. The smallest absolute Gasteiger partial charge is 0.283 e. The van der Waals surface area contributed by atoms with Crippen molar-refractivity contribution in [1.82, 2.24) is 4.90 Å². The fourth-order valence-corrected chi connectivity index (χ4v) is 4.33. The van der Waals surface area contributed by atoms with Gasteiger partial charge in [0.1, 0.15) is 11.5 Å². The van der Waals surface area contributed by atoms with Gasteiger partial charge in [-0.25, -0.2) is 9.38 Å². The Kier molecular flexibility index (Phi) is 5.00. The van der Waals surface area contributed by atoms with Crippen LogP contribution in [0.15, 0.2) is 65.3 Å². The number of thioether (sulfide) groups is 1. The number of aliphatic imine (C=N–C) groups is 1. The molecule has 0 bridgehead atoms. The number of rotatable bonds is 3. The average Bonchev–Trinajstić information content (AvgIpc) is 3.17. The first-order valence-electron chi connectivity index (χ1n) is 8.90. The Morgan fingerprint density at radius 3 is 2.46 bits per heavy atom. The third kappa shape index (κ3) is 3.57. The van der Waals surface area contributed by atoms with Gasteiger partial charge in [-0.2, -0.15) is 0 Å². The standard InChI is InChI=1S/C21H18FN3O2S/c1-24-12-11-18(20(24)27)28-21-23-17(13-14-5-3-2-4-6-14)19(26)25(21)16-9-7-15(22)8-10-16/h2-10,13,18H,11-12H2,1H3/b17-13+. The predicted molar refractivity (Wildman–Crippen MR) is 109 cm³/mol. The molecule has 7 heteroatoms. The van der Waals surface area contributed by atoms with Crippen LogP contribution in [0.4, 0.5) is 10.1 Å². The molecule has 1 unspecified atom stereocenters. The summed E-state index contributed by atoms with van der Waals surface area (Å²) in [5, 5.41) is 0.156. The summed E-state index contributed by atoms with van der Waals surface area (Å²) in [6.45, 7) is 0.682.